The van der Waals surface area contributed by atoms with Crippen molar-refractivity contribution in [2.75, 3.05) is 5.32 Å². The van der Waals surface area contributed by atoms with Gasteiger partial charge in [0.25, 0.3) is 11.6 Å². The van der Waals surface area contributed by atoms with Crippen LogP contribution in [0, 0.1) is 30.9 Å². The minimum atomic E-state index is -0.464. The Morgan fingerprint density at radius 1 is 1.12 bits per heavy atom. The van der Waals surface area contributed by atoms with E-state index in [1.54, 1.807) is 31.2 Å². The molecule has 7 heteroatoms. The Hall–Kier alpha value is -3.48. The minimum Gasteiger partial charge on any atom is -0.321 e. The van der Waals surface area contributed by atoms with Gasteiger partial charge in [0.15, 0.2) is 0 Å². The van der Waals surface area contributed by atoms with E-state index in [2.05, 4.69) is 10.4 Å². The van der Waals surface area contributed by atoms with E-state index in [0.717, 1.165) is 17.1 Å². The molecule has 1 heterocycles. The molecule has 0 aliphatic rings. The summed E-state index contributed by atoms with van der Waals surface area (Å²) in [6, 6.07) is 13.6. The number of nitrogens with zero attached hydrogens (tertiary/aromatic N) is 3. The third kappa shape index (κ3) is 3.32. The number of nitrogens with one attached hydrogen (secondary N) is 1. The van der Waals surface area contributed by atoms with Gasteiger partial charge in [0.1, 0.15) is 0 Å². The monoisotopic (exact) mass is 350 g/mol. The van der Waals surface area contributed by atoms with Crippen LogP contribution in [0.1, 0.15) is 27.3 Å². The van der Waals surface area contributed by atoms with E-state index < -0.39 is 4.92 Å². The molecule has 1 N–H and O–H groups in total. The molecule has 1 amide bonds. The predicted molar refractivity (Wildman–Crippen MR) is 98.8 cm³/mol. The first kappa shape index (κ1) is 17.3. The second-order valence-electron chi connectivity index (χ2n) is 6.05. The van der Waals surface area contributed by atoms with Crippen LogP contribution >= 0.6 is 0 Å². The molecule has 132 valence electrons. The maximum atomic E-state index is 12.5. The van der Waals surface area contributed by atoms with Gasteiger partial charge in [0.2, 0.25) is 0 Å². The summed E-state index contributed by atoms with van der Waals surface area (Å²) in [5.41, 5.74) is 4.07. The Kier molecular flexibility index (Phi) is 4.53. The number of nitro benzene ring substituents is 1. The first-order chi connectivity index (χ1) is 12.4. The lowest BCUT2D eigenvalue weighted by Gasteiger charge is -2.09. The summed E-state index contributed by atoms with van der Waals surface area (Å²) >= 11 is 0. The topological polar surface area (TPSA) is 90.1 Å². The number of rotatable bonds is 4. The van der Waals surface area contributed by atoms with Gasteiger partial charge >= 0.3 is 0 Å². The first-order valence-corrected chi connectivity index (χ1v) is 8.06. The Morgan fingerprint density at radius 2 is 1.81 bits per heavy atom. The SMILES string of the molecule is Cc1cc(C)n(-c2ccc(C(=O)Nc3cccc([N+](=O)[O-])c3C)cc2)n1. The number of hydrogen-bond acceptors (Lipinski definition) is 4. The maximum absolute atomic E-state index is 12.5. The second-order valence-corrected chi connectivity index (χ2v) is 6.05. The van der Waals surface area contributed by atoms with Crippen LogP contribution in [0.25, 0.3) is 5.69 Å². The zero-order valence-electron chi connectivity index (χ0n) is 14.7. The van der Waals surface area contributed by atoms with Crippen molar-refractivity contribution in [2.45, 2.75) is 20.8 Å². The second kappa shape index (κ2) is 6.79. The molecule has 0 atom stereocenters. The summed E-state index contributed by atoms with van der Waals surface area (Å²) in [6.07, 6.45) is 0. The molecule has 0 spiro atoms. The van der Waals surface area contributed by atoms with E-state index in [1.165, 1.54) is 6.07 Å². The summed E-state index contributed by atoms with van der Waals surface area (Å²) in [5, 5.41) is 18.2. The standard InChI is InChI=1S/C19H18N4O3/c1-12-11-13(2)22(21-12)16-9-7-15(8-10-16)19(24)20-17-5-4-6-18(14(17)3)23(25)26/h4-11H,1-3H3,(H,20,24). The number of aromatic nitrogens is 2. The quantitative estimate of drug-likeness (QED) is 0.570. The zero-order valence-corrected chi connectivity index (χ0v) is 14.7. The molecular weight excluding hydrogens is 332 g/mol. The Morgan fingerprint density at radius 3 is 2.38 bits per heavy atom. The van der Waals surface area contributed by atoms with Crippen molar-refractivity contribution >= 4 is 17.3 Å². The molecule has 7 nitrogen and oxygen atoms in total. The van der Waals surface area contributed by atoms with E-state index in [4.69, 9.17) is 0 Å². The fraction of sp³-hybridized carbons (Fsp3) is 0.158. The van der Waals surface area contributed by atoms with E-state index in [0.29, 0.717) is 16.8 Å². The summed E-state index contributed by atoms with van der Waals surface area (Å²) in [5.74, 6) is -0.325. The number of carbonyl (C=O) groups excluding carboxylic acids is 1. The lowest BCUT2D eigenvalue weighted by Crippen LogP contribution is -2.13. The lowest BCUT2D eigenvalue weighted by molar-refractivity contribution is -0.385. The molecule has 3 rings (SSSR count). The number of amides is 1. The Bertz CT molecular complexity index is 991. The highest BCUT2D eigenvalue weighted by molar-refractivity contribution is 6.05. The number of aryl methyl sites for hydroxylation is 2. The Labute approximate surface area is 150 Å². The predicted octanol–water partition coefficient (Wildman–Crippen LogP) is 3.96. The van der Waals surface area contributed by atoms with E-state index in [-0.39, 0.29) is 11.6 Å². The molecule has 0 fully saturated rings. The van der Waals surface area contributed by atoms with Crippen LogP contribution in [-0.4, -0.2) is 20.6 Å². The molecule has 0 bridgehead atoms. The van der Waals surface area contributed by atoms with Gasteiger partial charge in [0, 0.05) is 17.3 Å². The fourth-order valence-electron chi connectivity index (χ4n) is 2.80. The largest absolute Gasteiger partial charge is 0.321 e. The number of anilines is 1. The fourth-order valence-corrected chi connectivity index (χ4v) is 2.80. The van der Waals surface area contributed by atoms with Crippen LogP contribution in [0.5, 0.6) is 0 Å². The highest BCUT2D eigenvalue weighted by atomic mass is 16.6. The molecular formula is C19H18N4O3. The molecule has 0 saturated carbocycles. The van der Waals surface area contributed by atoms with Crippen LogP contribution < -0.4 is 5.32 Å². The van der Waals surface area contributed by atoms with Gasteiger partial charge in [-0.3, -0.25) is 14.9 Å². The minimum absolute atomic E-state index is 0.0253. The molecule has 26 heavy (non-hydrogen) atoms. The average Bonchev–Trinajstić information content (AvgIpc) is 2.95. The van der Waals surface area contributed by atoms with Crippen molar-refractivity contribution in [3.8, 4) is 5.69 Å². The van der Waals surface area contributed by atoms with Crippen LogP contribution in [-0.2, 0) is 0 Å². The summed E-state index contributed by atoms with van der Waals surface area (Å²) in [6.45, 7) is 5.50. The highest BCUT2D eigenvalue weighted by Crippen LogP contribution is 2.25. The van der Waals surface area contributed by atoms with Crippen molar-refractivity contribution < 1.29 is 9.72 Å². The van der Waals surface area contributed by atoms with Crippen LogP contribution in [0.15, 0.2) is 48.5 Å². The summed E-state index contributed by atoms with van der Waals surface area (Å²) in [4.78, 5) is 23.0. The number of benzene rings is 2. The van der Waals surface area contributed by atoms with Crippen molar-refractivity contribution in [1.82, 2.24) is 9.78 Å². The third-order valence-corrected chi connectivity index (χ3v) is 4.13. The van der Waals surface area contributed by atoms with Crippen molar-refractivity contribution in [3.63, 3.8) is 0 Å². The van der Waals surface area contributed by atoms with Crippen molar-refractivity contribution in [2.24, 2.45) is 0 Å². The molecule has 0 unspecified atom stereocenters. The third-order valence-electron chi connectivity index (χ3n) is 4.13. The van der Waals surface area contributed by atoms with Gasteiger partial charge in [-0.1, -0.05) is 6.07 Å². The van der Waals surface area contributed by atoms with Crippen LogP contribution in [0.3, 0.4) is 0 Å². The zero-order chi connectivity index (χ0) is 18.8. The van der Waals surface area contributed by atoms with Crippen molar-refractivity contribution in [1.29, 1.82) is 0 Å². The average molecular weight is 350 g/mol. The van der Waals surface area contributed by atoms with Gasteiger partial charge in [-0.25, -0.2) is 4.68 Å². The normalized spacial score (nSPS) is 10.6. The molecule has 0 radical (unpaired) electrons. The van der Waals surface area contributed by atoms with E-state index in [1.807, 2.05) is 36.7 Å². The van der Waals surface area contributed by atoms with Crippen LogP contribution in [0.2, 0.25) is 0 Å². The summed E-state index contributed by atoms with van der Waals surface area (Å²) in [7, 11) is 0. The molecule has 0 saturated heterocycles. The van der Waals surface area contributed by atoms with Gasteiger partial charge in [-0.05, 0) is 57.2 Å². The van der Waals surface area contributed by atoms with E-state index >= 15 is 0 Å². The molecule has 2 aromatic carbocycles. The number of nitro groups is 1. The molecule has 0 aliphatic heterocycles. The Balaban J connectivity index is 1.82. The van der Waals surface area contributed by atoms with E-state index in [9.17, 15) is 14.9 Å². The smallest absolute Gasteiger partial charge is 0.274 e. The molecule has 1 aromatic heterocycles. The van der Waals surface area contributed by atoms with Crippen molar-refractivity contribution in [3.05, 3.63) is 81.2 Å². The summed E-state index contributed by atoms with van der Waals surface area (Å²) < 4.78 is 1.81. The van der Waals surface area contributed by atoms with Gasteiger partial charge in [0.05, 0.1) is 27.6 Å². The van der Waals surface area contributed by atoms with Crippen LogP contribution in [0.4, 0.5) is 11.4 Å². The number of hydrogen-bond donors (Lipinski definition) is 1. The van der Waals surface area contributed by atoms with Gasteiger partial charge in [-0.2, -0.15) is 5.10 Å². The number of carbonyl (C=O) groups is 1. The lowest BCUT2D eigenvalue weighted by atomic mass is 10.1. The molecule has 3 aromatic rings. The molecule has 0 aliphatic carbocycles. The first-order valence-electron chi connectivity index (χ1n) is 8.06. The highest BCUT2D eigenvalue weighted by Gasteiger charge is 2.15. The maximum Gasteiger partial charge on any atom is 0.274 e. The van der Waals surface area contributed by atoms with Gasteiger partial charge in [-0.15, -0.1) is 0 Å². The van der Waals surface area contributed by atoms with Gasteiger partial charge < -0.3 is 5.32 Å².